The minimum atomic E-state index is 0.737. The predicted molar refractivity (Wildman–Crippen MR) is 77.9 cm³/mol. The van der Waals surface area contributed by atoms with Crippen LogP contribution in [0.25, 0.3) is 0 Å². The van der Waals surface area contributed by atoms with Gasteiger partial charge in [0.25, 0.3) is 0 Å². The highest BCUT2D eigenvalue weighted by Crippen LogP contribution is 2.26. The number of ether oxygens (including phenoxy) is 1. The minimum absolute atomic E-state index is 0.737. The number of methoxy groups -OCH3 is 1. The van der Waals surface area contributed by atoms with Crippen molar-refractivity contribution in [2.75, 3.05) is 13.7 Å². The molecule has 3 rings (SSSR count). The maximum atomic E-state index is 6.08. The molecule has 0 saturated heterocycles. The molecule has 0 atom stereocenters. The number of aromatic nitrogens is 2. The normalized spacial score (nSPS) is 14.9. The summed E-state index contributed by atoms with van der Waals surface area (Å²) in [6.07, 6.45) is 4.51. The van der Waals surface area contributed by atoms with E-state index in [9.17, 15) is 0 Å². The molecule has 1 aliphatic heterocycles. The molecule has 0 radical (unpaired) electrons. The Morgan fingerprint density at radius 1 is 1.40 bits per heavy atom. The van der Waals surface area contributed by atoms with Gasteiger partial charge in [0.1, 0.15) is 12.1 Å². The van der Waals surface area contributed by atoms with Crippen molar-refractivity contribution in [3.63, 3.8) is 0 Å². The zero-order valence-electron chi connectivity index (χ0n) is 11.3. The van der Waals surface area contributed by atoms with Crippen molar-refractivity contribution in [2.45, 2.75) is 19.5 Å². The van der Waals surface area contributed by atoms with Crippen LogP contribution in [0, 0.1) is 0 Å². The van der Waals surface area contributed by atoms with Crippen LogP contribution < -0.4 is 4.74 Å². The lowest BCUT2D eigenvalue weighted by Gasteiger charge is -2.28. The van der Waals surface area contributed by atoms with Gasteiger partial charge < -0.3 is 4.74 Å². The Hall–Kier alpha value is -1.65. The molecular formula is C15H16ClN3O. The first-order valence-corrected chi connectivity index (χ1v) is 6.96. The number of halogens is 1. The third-order valence-electron chi connectivity index (χ3n) is 3.59. The van der Waals surface area contributed by atoms with Crippen LogP contribution >= 0.6 is 11.6 Å². The molecule has 4 nitrogen and oxygen atoms in total. The average Bonchev–Trinajstić information content (AvgIpc) is 2.47. The van der Waals surface area contributed by atoms with Gasteiger partial charge in [0.2, 0.25) is 0 Å². The molecule has 1 aromatic carbocycles. The van der Waals surface area contributed by atoms with Gasteiger partial charge in [-0.05, 0) is 30.2 Å². The summed E-state index contributed by atoms with van der Waals surface area (Å²) >= 11 is 6.08. The van der Waals surface area contributed by atoms with Crippen molar-refractivity contribution in [3.8, 4) is 5.75 Å². The number of fused-ring (bicyclic) bond motifs is 1. The monoisotopic (exact) mass is 289 g/mol. The van der Waals surface area contributed by atoms with Crippen LogP contribution in [0.15, 0.2) is 30.7 Å². The van der Waals surface area contributed by atoms with E-state index in [4.69, 9.17) is 16.3 Å². The molecule has 0 N–H and O–H groups in total. The highest BCUT2D eigenvalue weighted by molar-refractivity contribution is 6.30. The molecule has 0 amide bonds. The molecular weight excluding hydrogens is 274 g/mol. The van der Waals surface area contributed by atoms with Crippen molar-refractivity contribution in [1.29, 1.82) is 0 Å². The highest BCUT2D eigenvalue weighted by Gasteiger charge is 2.18. The first-order valence-electron chi connectivity index (χ1n) is 6.59. The van der Waals surface area contributed by atoms with Crippen LogP contribution in [0.3, 0.4) is 0 Å². The Labute approximate surface area is 123 Å². The summed E-state index contributed by atoms with van der Waals surface area (Å²) in [7, 11) is 1.69. The van der Waals surface area contributed by atoms with Gasteiger partial charge in [-0.25, -0.2) is 9.97 Å². The van der Waals surface area contributed by atoms with E-state index in [2.05, 4.69) is 14.9 Å². The fraction of sp³-hybridized carbons (Fsp3) is 0.333. The fourth-order valence-electron chi connectivity index (χ4n) is 2.55. The first-order chi connectivity index (χ1) is 9.76. The van der Waals surface area contributed by atoms with E-state index in [1.165, 1.54) is 5.56 Å². The van der Waals surface area contributed by atoms with E-state index in [0.29, 0.717) is 0 Å². The molecule has 0 bridgehead atoms. The van der Waals surface area contributed by atoms with Crippen LogP contribution in [-0.2, 0) is 19.5 Å². The van der Waals surface area contributed by atoms with Gasteiger partial charge in [-0.15, -0.1) is 0 Å². The van der Waals surface area contributed by atoms with Gasteiger partial charge in [-0.3, -0.25) is 4.90 Å². The van der Waals surface area contributed by atoms with Gasteiger partial charge in [-0.1, -0.05) is 11.6 Å². The maximum absolute atomic E-state index is 6.08. The molecule has 0 saturated carbocycles. The van der Waals surface area contributed by atoms with Crippen molar-refractivity contribution in [2.24, 2.45) is 0 Å². The molecule has 2 aromatic rings. The molecule has 5 heteroatoms. The number of hydrogen-bond acceptors (Lipinski definition) is 4. The summed E-state index contributed by atoms with van der Waals surface area (Å²) in [5, 5.41) is 0.737. The van der Waals surface area contributed by atoms with E-state index in [0.717, 1.165) is 48.1 Å². The molecule has 2 heterocycles. The summed E-state index contributed by atoms with van der Waals surface area (Å²) in [6.45, 7) is 2.65. The Kier molecular flexibility index (Phi) is 3.85. The van der Waals surface area contributed by atoms with Crippen molar-refractivity contribution >= 4 is 11.6 Å². The summed E-state index contributed by atoms with van der Waals surface area (Å²) in [4.78, 5) is 10.8. The lowest BCUT2D eigenvalue weighted by atomic mass is 10.1. The second-order valence-electron chi connectivity index (χ2n) is 4.91. The Bertz CT molecular complexity index is 618. The second-order valence-corrected chi connectivity index (χ2v) is 5.35. The zero-order valence-corrected chi connectivity index (χ0v) is 12.1. The number of benzene rings is 1. The smallest absolute Gasteiger partial charge is 0.123 e. The van der Waals surface area contributed by atoms with Crippen LogP contribution in [0.2, 0.25) is 5.02 Å². The Balaban J connectivity index is 1.78. The highest BCUT2D eigenvalue weighted by atomic mass is 35.5. The van der Waals surface area contributed by atoms with Gasteiger partial charge in [0, 0.05) is 36.4 Å². The summed E-state index contributed by atoms with van der Waals surface area (Å²) in [5.74, 6) is 0.878. The predicted octanol–water partition coefficient (Wildman–Crippen LogP) is 2.70. The molecule has 0 unspecified atom stereocenters. The molecule has 20 heavy (non-hydrogen) atoms. The lowest BCUT2D eigenvalue weighted by molar-refractivity contribution is 0.237. The summed E-state index contributed by atoms with van der Waals surface area (Å²) < 4.78 is 5.40. The third-order valence-corrected chi connectivity index (χ3v) is 3.82. The van der Waals surface area contributed by atoms with Gasteiger partial charge >= 0.3 is 0 Å². The van der Waals surface area contributed by atoms with Crippen molar-refractivity contribution < 1.29 is 4.74 Å². The first kappa shape index (κ1) is 13.3. The lowest BCUT2D eigenvalue weighted by Crippen LogP contribution is -2.31. The number of hydrogen-bond donors (Lipinski definition) is 0. The SMILES string of the molecule is COc1ccc(Cl)cc1CN1CCc2cncnc2C1. The van der Waals surface area contributed by atoms with Gasteiger partial charge in [-0.2, -0.15) is 0 Å². The van der Waals surface area contributed by atoms with Crippen LogP contribution in [0.4, 0.5) is 0 Å². The molecule has 1 aliphatic rings. The van der Waals surface area contributed by atoms with Crippen LogP contribution in [0.1, 0.15) is 16.8 Å². The molecule has 1 aromatic heterocycles. The van der Waals surface area contributed by atoms with Crippen molar-refractivity contribution in [1.82, 2.24) is 14.9 Å². The van der Waals surface area contributed by atoms with E-state index in [1.54, 1.807) is 13.4 Å². The van der Waals surface area contributed by atoms with Gasteiger partial charge in [0.15, 0.2) is 0 Å². The van der Waals surface area contributed by atoms with E-state index >= 15 is 0 Å². The average molecular weight is 290 g/mol. The van der Waals surface area contributed by atoms with E-state index in [-0.39, 0.29) is 0 Å². The maximum Gasteiger partial charge on any atom is 0.123 e. The molecule has 0 fully saturated rings. The summed E-state index contributed by atoms with van der Waals surface area (Å²) in [5.41, 5.74) is 3.48. The molecule has 0 spiro atoms. The van der Waals surface area contributed by atoms with Gasteiger partial charge in [0.05, 0.1) is 12.8 Å². The zero-order chi connectivity index (χ0) is 13.9. The number of rotatable bonds is 3. The topological polar surface area (TPSA) is 38.2 Å². The fourth-order valence-corrected chi connectivity index (χ4v) is 2.75. The third kappa shape index (κ3) is 2.76. The minimum Gasteiger partial charge on any atom is -0.496 e. The van der Waals surface area contributed by atoms with E-state index < -0.39 is 0 Å². The van der Waals surface area contributed by atoms with Crippen LogP contribution in [-0.4, -0.2) is 28.5 Å². The van der Waals surface area contributed by atoms with Crippen LogP contribution in [0.5, 0.6) is 5.75 Å². The Morgan fingerprint density at radius 2 is 2.30 bits per heavy atom. The second kappa shape index (κ2) is 5.77. The summed E-state index contributed by atoms with van der Waals surface area (Å²) in [6, 6.07) is 5.73. The largest absolute Gasteiger partial charge is 0.496 e. The molecule has 104 valence electrons. The molecule has 0 aliphatic carbocycles. The van der Waals surface area contributed by atoms with Crippen molar-refractivity contribution in [3.05, 3.63) is 52.6 Å². The number of nitrogens with zero attached hydrogens (tertiary/aromatic N) is 3. The quantitative estimate of drug-likeness (QED) is 0.871. The Morgan fingerprint density at radius 3 is 3.15 bits per heavy atom. The standard InChI is InChI=1S/C15H16ClN3O/c1-20-15-3-2-13(16)6-12(15)8-19-5-4-11-7-17-10-18-14(11)9-19/h2-3,6-7,10H,4-5,8-9H2,1H3. The van der Waals surface area contributed by atoms with E-state index in [1.807, 2.05) is 24.4 Å².